The molecule has 0 atom stereocenters. The Labute approximate surface area is 99.4 Å². The third kappa shape index (κ3) is 2.42. The zero-order chi connectivity index (χ0) is 12.4. The fraction of sp³-hybridized carbons (Fsp3) is 0.0769. The van der Waals surface area contributed by atoms with Crippen molar-refractivity contribution in [2.24, 2.45) is 0 Å². The van der Waals surface area contributed by atoms with Crippen LogP contribution in [0.1, 0.15) is 5.56 Å². The maximum absolute atomic E-state index is 9.32. The van der Waals surface area contributed by atoms with E-state index < -0.39 is 0 Å². The molecule has 0 bridgehead atoms. The minimum absolute atomic E-state index is 0.140. The van der Waals surface area contributed by atoms with Gasteiger partial charge in [-0.25, -0.2) is 0 Å². The molecule has 2 aromatic rings. The van der Waals surface area contributed by atoms with E-state index >= 15 is 0 Å². The number of rotatable bonds is 2. The Morgan fingerprint density at radius 2 is 1.82 bits per heavy atom. The predicted molar refractivity (Wildman–Crippen MR) is 68.2 cm³/mol. The molecule has 2 rings (SSSR count). The molecular weight excluding hydrogens is 216 g/mol. The van der Waals surface area contributed by atoms with E-state index in [0.29, 0.717) is 22.9 Å². The van der Waals surface area contributed by atoms with E-state index in [1.165, 1.54) is 6.07 Å². The van der Waals surface area contributed by atoms with Gasteiger partial charge in [-0.2, -0.15) is 0 Å². The second-order valence-corrected chi connectivity index (χ2v) is 3.85. The summed E-state index contributed by atoms with van der Waals surface area (Å²) in [6.07, 6.45) is 0. The average molecular weight is 230 g/mol. The summed E-state index contributed by atoms with van der Waals surface area (Å²) in [5, 5.41) is 9.32. The van der Waals surface area contributed by atoms with Gasteiger partial charge in [0.15, 0.2) is 5.75 Å². The Bertz CT molecular complexity index is 553. The van der Waals surface area contributed by atoms with Crippen molar-refractivity contribution in [2.75, 3.05) is 11.5 Å². The van der Waals surface area contributed by atoms with Gasteiger partial charge in [0, 0.05) is 17.8 Å². The molecule has 0 spiro atoms. The number of aromatic hydroxyl groups is 1. The van der Waals surface area contributed by atoms with E-state index in [-0.39, 0.29) is 5.75 Å². The average Bonchev–Trinajstić information content (AvgIpc) is 2.26. The molecule has 5 N–H and O–H groups in total. The summed E-state index contributed by atoms with van der Waals surface area (Å²) < 4.78 is 5.56. The molecule has 4 heteroatoms. The van der Waals surface area contributed by atoms with Gasteiger partial charge in [0.25, 0.3) is 0 Å². The number of anilines is 2. The van der Waals surface area contributed by atoms with Gasteiger partial charge in [-0.3, -0.25) is 0 Å². The minimum Gasteiger partial charge on any atom is -0.508 e. The molecule has 0 aromatic heterocycles. The van der Waals surface area contributed by atoms with Crippen molar-refractivity contribution in [3.63, 3.8) is 0 Å². The van der Waals surface area contributed by atoms with Crippen molar-refractivity contribution in [3.05, 3.63) is 42.0 Å². The smallest absolute Gasteiger partial charge is 0.152 e. The molecule has 4 nitrogen and oxygen atoms in total. The van der Waals surface area contributed by atoms with Crippen LogP contribution in [0.25, 0.3) is 0 Å². The number of nitrogens with two attached hydrogens (primary N) is 2. The number of phenolic OH excluding ortho intramolecular Hbond substituents is 1. The SMILES string of the molecule is Cc1cc(N)c(Oc2cccc(O)c2)cc1N. The third-order valence-corrected chi connectivity index (χ3v) is 2.44. The van der Waals surface area contributed by atoms with E-state index in [1.807, 2.05) is 6.92 Å². The fourth-order valence-electron chi connectivity index (χ4n) is 1.49. The summed E-state index contributed by atoms with van der Waals surface area (Å²) in [5.74, 6) is 1.14. The van der Waals surface area contributed by atoms with E-state index in [0.717, 1.165) is 5.56 Å². The maximum atomic E-state index is 9.32. The van der Waals surface area contributed by atoms with Crippen molar-refractivity contribution in [1.82, 2.24) is 0 Å². The largest absolute Gasteiger partial charge is 0.508 e. The van der Waals surface area contributed by atoms with Crippen molar-refractivity contribution in [1.29, 1.82) is 0 Å². The van der Waals surface area contributed by atoms with Crippen LogP contribution in [0.2, 0.25) is 0 Å². The first-order chi connectivity index (χ1) is 8.06. The van der Waals surface area contributed by atoms with Crippen molar-refractivity contribution >= 4 is 11.4 Å². The van der Waals surface area contributed by atoms with E-state index in [1.54, 1.807) is 30.3 Å². The standard InChI is InChI=1S/C13H14N2O2/c1-8-5-12(15)13(7-11(8)14)17-10-4-2-3-9(16)6-10/h2-7,16H,14-15H2,1H3. The number of ether oxygens (including phenoxy) is 1. The van der Waals surface area contributed by atoms with Gasteiger partial charge in [-0.1, -0.05) is 6.07 Å². The van der Waals surface area contributed by atoms with Gasteiger partial charge in [0.05, 0.1) is 5.69 Å². The zero-order valence-electron chi connectivity index (χ0n) is 9.47. The Kier molecular flexibility index (Phi) is 2.78. The molecule has 2 aromatic carbocycles. The summed E-state index contributed by atoms with van der Waals surface area (Å²) >= 11 is 0. The fourth-order valence-corrected chi connectivity index (χ4v) is 1.49. The third-order valence-electron chi connectivity index (χ3n) is 2.44. The maximum Gasteiger partial charge on any atom is 0.152 e. The molecule has 0 saturated heterocycles. The van der Waals surface area contributed by atoms with E-state index in [2.05, 4.69) is 0 Å². The number of aryl methyl sites for hydroxylation is 1. The summed E-state index contributed by atoms with van der Waals surface area (Å²) in [5.41, 5.74) is 13.7. The number of benzene rings is 2. The van der Waals surface area contributed by atoms with Crippen LogP contribution in [0.3, 0.4) is 0 Å². The molecular formula is C13H14N2O2. The van der Waals surface area contributed by atoms with Gasteiger partial charge >= 0.3 is 0 Å². The first-order valence-corrected chi connectivity index (χ1v) is 5.19. The normalized spacial score (nSPS) is 10.2. The number of nitrogen functional groups attached to an aromatic ring is 2. The molecule has 0 aliphatic rings. The number of hydrogen-bond donors (Lipinski definition) is 3. The highest BCUT2D eigenvalue weighted by Crippen LogP contribution is 2.32. The highest BCUT2D eigenvalue weighted by molar-refractivity contribution is 5.64. The van der Waals surface area contributed by atoms with Crippen molar-refractivity contribution in [2.45, 2.75) is 6.92 Å². The van der Waals surface area contributed by atoms with Crippen LogP contribution < -0.4 is 16.2 Å². The molecule has 0 aliphatic carbocycles. The summed E-state index contributed by atoms with van der Waals surface area (Å²) in [6.45, 7) is 1.88. The molecule has 0 radical (unpaired) electrons. The van der Waals surface area contributed by atoms with Gasteiger partial charge in [0.2, 0.25) is 0 Å². The highest BCUT2D eigenvalue weighted by atomic mass is 16.5. The summed E-state index contributed by atoms with van der Waals surface area (Å²) in [4.78, 5) is 0. The Morgan fingerprint density at radius 1 is 1.06 bits per heavy atom. The van der Waals surface area contributed by atoms with Crippen LogP contribution >= 0.6 is 0 Å². The molecule has 0 unspecified atom stereocenters. The van der Waals surface area contributed by atoms with Gasteiger partial charge < -0.3 is 21.3 Å². The van der Waals surface area contributed by atoms with Gasteiger partial charge in [-0.15, -0.1) is 0 Å². The first-order valence-electron chi connectivity index (χ1n) is 5.19. The quantitative estimate of drug-likeness (QED) is 0.693. The Balaban J connectivity index is 2.33. The summed E-state index contributed by atoms with van der Waals surface area (Å²) in [6, 6.07) is 9.94. The zero-order valence-corrected chi connectivity index (χ0v) is 9.47. The minimum atomic E-state index is 0.140. The van der Waals surface area contributed by atoms with Crippen molar-refractivity contribution in [3.8, 4) is 17.2 Å². The highest BCUT2D eigenvalue weighted by Gasteiger charge is 2.05. The molecule has 0 amide bonds. The van der Waals surface area contributed by atoms with Crippen LogP contribution in [0, 0.1) is 6.92 Å². The molecule has 0 saturated carbocycles. The molecule has 88 valence electrons. The molecule has 0 heterocycles. The number of phenols is 1. The van der Waals surface area contributed by atoms with Crippen LogP contribution in [0.4, 0.5) is 11.4 Å². The van der Waals surface area contributed by atoms with Crippen LogP contribution in [-0.2, 0) is 0 Å². The first kappa shape index (κ1) is 11.1. The topological polar surface area (TPSA) is 81.5 Å². The van der Waals surface area contributed by atoms with Gasteiger partial charge in [0.1, 0.15) is 11.5 Å². The summed E-state index contributed by atoms with van der Waals surface area (Å²) in [7, 11) is 0. The monoisotopic (exact) mass is 230 g/mol. The predicted octanol–water partition coefficient (Wildman–Crippen LogP) is 2.66. The van der Waals surface area contributed by atoms with Crippen LogP contribution in [0.15, 0.2) is 36.4 Å². The van der Waals surface area contributed by atoms with Crippen molar-refractivity contribution < 1.29 is 9.84 Å². The van der Waals surface area contributed by atoms with Crippen LogP contribution in [-0.4, -0.2) is 5.11 Å². The lowest BCUT2D eigenvalue weighted by Gasteiger charge is -2.11. The lowest BCUT2D eigenvalue weighted by Crippen LogP contribution is -1.96. The molecule has 17 heavy (non-hydrogen) atoms. The lowest BCUT2D eigenvalue weighted by atomic mass is 10.1. The van der Waals surface area contributed by atoms with Gasteiger partial charge in [-0.05, 0) is 30.7 Å². The second kappa shape index (κ2) is 4.25. The Hall–Kier alpha value is -2.36. The van der Waals surface area contributed by atoms with E-state index in [4.69, 9.17) is 16.2 Å². The number of hydrogen-bond acceptors (Lipinski definition) is 4. The van der Waals surface area contributed by atoms with E-state index in [9.17, 15) is 5.11 Å². The lowest BCUT2D eigenvalue weighted by molar-refractivity contribution is 0.456. The van der Waals surface area contributed by atoms with Crippen LogP contribution in [0.5, 0.6) is 17.2 Å². The second-order valence-electron chi connectivity index (χ2n) is 3.85. The molecule has 0 aliphatic heterocycles. The Morgan fingerprint density at radius 3 is 2.53 bits per heavy atom. The molecule has 0 fully saturated rings.